The van der Waals surface area contributed by atoms with E-state index in [2.05, 4.69) is 31.1 Å². The molecule has 0 amide bonds. The Balaban J connectivity index is 1.55. The van der Waals surface area contributed by atoms with Gasteiger partial charge in [-0.2, -0.15) is 0 Å². The van der Waals surface area contributed by atoms with Crippen LogP contribution in [0.5, 0.6) is 0 Å². The van der Waals surface area contributed by atoms with E-state index in [0.717, 1.165) is 35.0 Å². The van der Waals surface area contributed by atoms with Crippen molar-refractivity contribution in [3.05, 3.63) is 76.5 Å². The SMILES string of the molecule is Fc1ccc(-c2ccc([C@@H]3[C@@H](c4ccccn4)NC(=S)N3C3CCCC3)o2)c(Br)c1. The third-order valence-electron chi connectivity index (χ3n) is 5.97. The van der Waals surface area contributed by atoms with Crippen molar-refractivity contribution in [2.75, 3.05) is 0 Å². The molecular formula is C23H21BrFN3OS. The number of nitrogens with one attached hydrogen (secondary N) is 1. The minimum atomic E-state index is -0.287. The highest BCUT2D eigenvalue weighted by Crippen LogP contribution is 2.44. The van der Waals surface area contributed by atoms with Crippen molar-refractivity contribution in [1.82, 2.24) is 15.2 Å². The van der Waals surface area contributed by atoms with Gasteiger partial charge in [-0.1, -0.05) is 18.9 Å². The van der Waals surface area contributed by atoms with Gasteiger partial charge in [-0.15, -0.1) is 0 Å². The van der Waals surface area contributed by atoms with Crippen LogP contribution in [0.4, 0.5) is 4.39 Å². The Morgan fingerprint density at radius 2 is 1.97 bits per heavy atom. The fraction of sp³-hybridized carbons (Fsp3) is 0.304. The van der Waals surface area contributed by atoms with E-state index in [1.54, 1.807) is 12.3 Å². The highest BCUT2D eigenvalue weighted by atomic mass is 79.9. The normalized spacial score (nSPS) is 21.9. The monoisotopic (exact) mass is 485 g/mol. The van der Waals surface area contributed by atoms with Crippen LogP contribution in [-0.4, -0.2) is 21.0 Å². The zero-order valence-corrected chi connectivity index (χ0v) is 18.6. The van der Waals surface area contributed by atoms with E-state index < -0.39 is 0 Å². The van der Waals surface area contributed by atoms with Crippen LogP contribution in [-0.2, 0) is 0 Å². The Labute approximate surface area is 188 Å². The van der Waals surface area contributed by atoms with Crippen LogP contribution in [0.2, 0.25) is 0 Å². The number of benzene rings is 1. The Morgan fingerprint density at radius 3 is 2.70 bits per heavy atom. The van der Waals surface area contributed by atoms with Gasteiger partial charge in [0.25, 0.3) is 0 Å². The molecule has 0 bridgehead atoms. The van der Waals surface area contributed by atoms with Crippen molar-refractivity contribution >= 4 is 33.3 Å². The van der Waals surface area contributed by atoms with Crippen molar-refractivity contribution in [3.63, 3.8) is 0 Å². The third-order valence-corrected chi connectivity index (χ3v) is 6.95. The second-order valence-corrected chi connectivity index (χ2v) is 9.04. The highest BCUT2D eigenvalue weighted by Gasteiger charge is 2.45. The maximum atomic E-state index is 13.5. The standard InChI is InChI=1S/C23H21BrFN3OS/c24-17-13-14(25)8-9-16(17)19-10-11-20(29-19)22-21(18-7-3-4-12-26-18)27-23(30)28(22)15-5-1-2-6-15/h3-4,7-13,15,21-22H,1-2,5-6H2,(H,27,30)/t21-,22-/m1/s1. The molecule has 1 N–H and O–H groups in total. The molecule has 3 heterocycles. The molecule has 4 nitrogen and oxygen atoms in total. The minimum Gasteiger partial charge on any atom is -0.459 e. The number of pyridine rings is 1. The van der Waals surface area contributed by atoms with Gasteiger partial charge < -0.3 is 14.6 Å². The number of furan rings is 1. The van der Waals surface area contributed by atoms with Crippen LogP contribution < -0.4 is 5.32 Å². The fourth-order valence-corrected chi connectivity index (χ4v) is 5.53. The van der Waals surface area contributed by atoms with Gasteiger partial charge in [-0.05, 0) is 83.5 Å². The molecular weight excluding hydrogens is 465 g/mol. The summed E-state index contributed by atoms with van der Waals surface area (Å²) in [5.41, 5.74) is 1.75. The first-order valence-corrected chi connectivity index (χ1v) is 11.4. The smallest absolute Gasteiger partial charge is 0.170 e. The summed E-state index contributed by atoms with van der Waals surface area (Å²) in [7, 11) is 0. The molecule has 0 unspecified atom stereocenters. The van der Waals surface area contributed by atoms with Crippen molar-refractivity contribution in [1.29, 1.82) is 0 Å². The van der Waals surface area contributed by atoms with Crippen LogP contribution in [0.25, 0.3) is 11.3 Å². The van der Waals surface area contributed by atoms with Crippen LogP contribution in [0.3, 0.4) is 0 Å². The van der Waals surface area contributed by atoms with Gasteiger partial charge in [0.2, 0.25) is 0 Å². The molecule has 1 saturated carbocycles. The first-order valence-electron chi connectivity index (χ1n) is 10.2. The molecule has 0 spiro atoms. The average Bonchev–Trinajstić information content (AvgIpc) is 3.48. The Hall–Kier alpha value is -2.25. The molecule has 154 valence electrons. The van der Waals surface area contributed by atoms with E-state index in [4.69, 9.17) is 16.6 Å². The number of aromatic nitrogens is 1. The molecule has 2 atom stereocenters. The molecule has 1 aliphatic heterocycles. The highest BCUT2D eigenvalue weighted by molar-refractivity contribution is 9.10. The zero-order chi connectivity index (χ0) is 20.7. The quantitative estimate of drug-likeness (QED) is 0.448. The van der Waals surface area contributed by atoms with Gasteiger partial charge in [0.1, 0.15) is 23.4 Å². The van der Waals surface area contributed by atoms with E-state index in [1.165, 1.54) is 25.0 Å². The lowest BCUT2D eigenvalue weighted by Crippen LogP contribution is -2.37. The van der Waals surface area contributed by atoms with Crippen molar-refractivity contribution < 1.29 is 8.81 Å². The molecule has 30 heavy (non-hydrogen) atoms. The lowest BCUT2D eigenvalue weighted by atomic mass is 10.0. The third kappa shape index (κ3) is 3.54. The van der Waals surface area contributed by atoms with Gasteiger partial charge in [0, 0.05) is 22.3 Å². The summed E-state index contributed by atoms with van der Waals surface area (Å²) in [5, 5.41) is 4.24. The lowest BCUT2D eigenvalue weighted by Gasteiger charge is -2.31. The predicted molar refractivity (Wildman–Crippen MR) is 121 cm³/mol. The van der Waals surface area contributed by atoms with Crippen molar-refractivity contribution in [2.24, 2.45) is 0 Å². The van der Waals surface area contributed by atoms with E-state index in [0.29, 0.717) is 16.3 Å². The molecule has 1 saturated heterocycles. The van der Waals surface area contributed by atoms with Crippen LogP contribution in [0.15, 0.2) is 63.6 Å². The maximum absolute atomic E-state index is 13.5. The summed E-state index contributed by atoms with van der Waals surface area (Å²) in [6, 6.07) is 14.7. The van der Waals surface area contributed by atoms with Gasteiger partial charge in [-0.25, -0.2) is 4.39 Å². The molecule has 1 aliphatic carbocycles. The van der Waals surface area contributed by atoms with E-state index >= 15 is 0 Å². The molecule has 2 aromatic heterocycles. The van der Waals surface area contributed by atoms with Crippen molar-refractivity contribution in [2.45, 2.75) is 43.8 Å². The summed E-state index contributed by atoms with van der Waals surface area (Å²) in [6.45, 7) is 0. The summed E-state index contributed by atoms with van der Waals surface area (Å²) >= 11 is 9.21. The second kappa shape index (κ2) is 8.12. The average molecular weight is 486 g/mol. The van der Waals surface area contributed by atoms with E-state index in [-0.39, 0.29) is 17.9 Å². The lowest BCUT2D eigenvalue weighted by molar-refractivity contribution is 0.218. The maximum Gasteiger partial charge on any atom is 0.170 e. The molecule has 5 rings (SSSR count). The summed E-state index contributed by atoms with van der Waals surface area (Å²) in [5.74, 6) is 1.24. The Morgan fingerprint density at radius 1 is 1.13 bits per heavy atom. The second-order valence-electron chi connectivity index (χ2n) is 7.80. The largest absolute Gasteiger partial charge is 0.459 e. The summed E-state index contributed by atoms with van der Waals surface area (Å²) < 4.78 is 20.5. The van der Waals surface area contributed by atoms with Gasteiger partial charge in [-0.3, -0.25) is 4.98 Å². The van der Waals surface area contributed by atoms with Gasteiger partial charge in [0.15, 0.2) is 5.11 Å². The number of nitrogens with zero attached hydrogens (tertiary/aromatic N) is 2. The molecule has 2 fully saturated rings. The summed E-state index contributed by atoms with van der Waals surface area (Å²) in [4.78, 5) is 6.89. The number of hydrogen-bond donors (Lipinski definition) is 1. The van der Waals surface area contributed by atoms with Crippen LogP contribution >= 0.6 is 28.1 Å². The number of thiocarbonyl (C=S) groups is 1. The summed E-state index contributed by atoms with van der Waals surface area (Å²) in [6.07, 6.45) is 6.50. The molecule has 3 aromatic rings. The Kier molecular flexibility index (Phi) is 5.33. The van der Waals surface area contributed by atoms with Crippen molar-refractivity contribution in [3.8, 4) is 11.3 Å². The van der Waals surface area contributed by atoms with Crippen LogP contribution in [0.1, 0.15) is 49.2 Å². The topological polar surface area (TPSA) is 41.3 Å². The van der Waals surface area contributed by atoms with Crippen LogP contribution in [0, 0.1) is 5.82 Å². The van der Waals surface area contributed by atoms with Gasteiger partial charge >= 0.3 is 0 Å². The number of rotatable bonds is 4. The fourth-order valence-electron chi connectivity index (χ4n) is 4.59. The van der Waals surface area contributed by atoms with E-state index in [1.807, 2.05) is 30.3 Å². The molecule has 2 aliphatic rings. The molecule has 1 aromatic carbocycles. The number of hydrogen-bond acceptors (Lipinski definition) is 3. The zero-order valence-electron chi connectivity index (χ0n) is 16.2. The van der Waals surface area contributed by atoms with E-state index in [9.17, 15) is 4.39 Å². The Bertz CT molecular complexity index is 1070. The van der Waals surface area contributed by atoms with Gasteiger partial charge in [0.05, 0.1) is 11.7 Å². The number of halogens is 2. The molecule has 7 heteroatoms. The predicted octanol–water partition coefficient (Wildman–Crippen LogP) is 6.16. The first kappa shape index (κ1) is 19.7. The molecule has 0 radical (unpaired) electrons. The minimum absolute atomic E-state index is 0.0801. The first-order chi connectivity index (χ1) is 14.6.